The summed E-state index contributed by atoms with van der Waals surface area (Å²) in [6.07, 6.45) is 3.03. The summed E-state index contributed by atoms with van der Waals surface area (Å²) in [6, 6.07) is 18.0. The number of amides is 1. The van der Waals surface area contributed by atoms with Crippen molar-refractivity contribution < 1.29 is 14.6 Å². The Hall–Kier alpha value is -2.75. The highest BCUT2D eigenvalue weighted by Gasteiger charge is 2.27. The van der Waals surface area contributed by atoms with E-state index in [-0.39, 0.29) is 18.3 Å². The molecule has 9 heteroatoms. The summed E-state index contributed by atoms with van der Waals surface area (Å²) in [5.41, 5.74) is 4.31. The molecule has 0 radical (unpaired) electrons. The van der Waals surface area contributed by atoms with Crippen molar-refractivity contribution in [3.8, 4) is 22.8 Å². The van der Waals surface area contributed by atoms with Gasteiger partial charge in [0.2, 0.25) is 0 Å². The number of piperidine rings is 1. The molecule has 0 saturated carbocycles. The number of pyridine rings is 1. The maximum absolute atomic E-state index is 13.3. The number of aromatic nitrogens is 2. The third-order valence-electron chi connectivity index (χ3n) is 6.69. The lowest BCUT2D eigenvalue weighted by atomic mass is 9.90. The van der Waals surface area contributed by atoms with Crippen molar-refractivity contribution in [3.63, 3.8) is 0 Å². The molecule has 1 amide bonds. The molecule has 6 nitrogen and oxygen atoms in total. The molecule has 1 N–H and O–H groups in total. The Morgan fingerprint density at radius 3 is 2.61 bits per heavy atom. The molecule has 2 aromatic heterocycles. The fourth-order valence-electron chi connectivity index (χ4n) is 4.67. The third-order valence-corrected chi connectivity index (χ3v) is 8.86. The van der Waals surface area contributed by atoms with Crippen LogP contribution in [0.2, 0.25) is 0 Å². The highest BCUT2D eigenvalue weighted by atomic mass is 79.9. The SMILES string of the molecule is Cc1cccc(COc2c(-c3csc(C(=O)N4CCC(Cc5ccccc5)CC4)n3)cc(Br)c(O)c2Br)n1. The van der Waals surface area contributed by atoms with Gasteiger partial charge in [-0.1, -0.05) is 36.4 Å². The minimum Gasteiger partial charge on any atom is -0.505 e. The lowest BCUT2D eigenvalue weighted by Crippen LogP contribution is -2.38. The number of hydrogen-bond donors (Lipinski definition) is 1. The number of aryl methyl sites for hydroxylation is 1. The van der Waals surface area contributed by atoms with Crippen LogP contribution in [0.1, 0.15) is 39.6 Å². The summed E-state index contributed by atoms with van der Waals surface area (Å²) >= 11 is 8.21. The quantitative estimate of drug-likeness (QED) is 0.224. The largest absolute Gasteiger partial charge is 0.505 e. The zero-order valence-corrected chi connectivity index (χ0v) is 24.9. The highest BCUT2D eigenvalue weighted by Crippen LogP contribution is 2.46. The molecule has 0 atom stereocenters. The monoisotopic (exact) mass is 655 g/mol. The number of hydrogen-bond acceptors (Lipinski definition) is 6. The predicted molar refractivity (Wildman–Crippen MR) is 157 cm³/mol. The first-order chi connectivity index (χ1) is 18.4. The number of thiazole rings is 1. The number of nitrogens with zero attached hydrogens (tertiary/aromatic N) is 3. The van der Waals surface area contributed by atoms with Crippen LogP contribution in [0, 0.1) is 12.8 Å². The van der Waals surface area contributed by atoms with Crippen LogP contribution in [0.5, 0.6) is 11.5 Å². The van der Waals surface area contributed by atoms with Crippen LogP contribution in [0.3, 0.4) is 0 Å². The van der Waals surface area contributed by atoms with E-state index in [1.54, 1.807) is 6.07 Å². The Morgan fingerprint density at radius 2 is 1.87 bits per heavy atom. The van der Waals surface area contributed by atoms with Gasteiger partial charge in [-0.05, 0) is 87.7 Å². The van der Waals surface area contributed by atoms with Crippen molar-refractivity contribution in [2.45, 2.75) is 32.8 Å². The van der Waals surface area contributed by atoms with Gasteiger partial charge in [-0.2, -0.15) is 0 Å². The van der Waals surface area contributed by atoms with Crippen LogP contribution in [0.4, 0.5) is 0 Å². The molecule has 0 bridgehead atoms. The molecule has 0 unspecified atom stereocenters. The molecule has 2 aromatic carbocycles. The van der Waals surface area contributed by atoms with Gasteiger partial charge in [0.15, 0.2) is 5.01 Å². The number of carbonyl (C=O) groups excluding carboxylic acids is 1. The van der Waals surface area contributed by atoms with Gasteiger partial charge >= 0.3 is 0 Å². The van der Waals surface area contributed by atoms with Crippen LogP contribution < -0.4 is 4.74 Å². The summed E-state index contributed by atoms with van der Waals surface area (Å²) in [7, 11) is 0. The Kier molecular flexibility index (Phi) is 8.45. The normalized spacial score (nSPS) is 14.0. The maximum atomic E-state index is 13.3. The fourth-order valence-corrected chi connectivity index (χ4v) is 6.69. The molecule has 1 fully saturated rings. The molecule has 196 valence electrons. The number of phenolic OH excluding ortho intramolecular Hbond substituents is 1. The van der Waals surface area contributed by atoms with E-state index in [2.05, 4.69) is 61.1 Å². The van der Waals surface area contributed by atoms with Crippen molar-refractivity contribution in [2.75, 3.05) is 13.1 Å². The number of benzene rings is 2. The van der Waals surface area contributed by atoms with Gasteiger partial charge in [0.1, 0.15) is 22.6 Å². The topological polar surface area (TPSA) is 75.5 Å². The van der Waals surface area contributed by atoms with Gasteiger partial charge in [0, 0.05) is 29.7 Å². The minimum absolute atomic E-state index is 0.0332. The van der Waals surface area contributed by atoms with Crippen LogP contribution in [-0.4, -0.2) is 39.0 Å². The van der Waals surface area contributed by atoms with E-state index >= 15 is 0 Å². The molecule has 1 aliphatic heterocycles. The van der Waals surface area contributed by atoms with Gasteiger partial charge in [-0.15, -0.1) is 11.3 Å². The summed E-state index contributed by atoms with van der Waals surface area (Å²) in [4.78, 5) is 24.4. The van der Waals surface area contributed by atoms with E-state index in [1.807, 2.05) is 41.5 Å². The molecule has 5 rings (SSSR count). The molecule has 38 heavy (non-hydrogen) atoms. The number of halogens is 2. The van der Waals surface area contributed by atoms with Crippen LogP contribution >= 0.6 is 43.2 Å². The molecular formula is C29H27Br2N3O3S. The summed E-state index contributed by atoms with van der Waals surface area (Å²) in [5.74, 6) is 1.02. The van der Waals surface area contributed by atoms with Gasteiger partial charge < -0.3 is 14.7 Å². The average molecular weight is 657 g/mol. The smallest absolute Gasteiger partial charge is 0.282 e. The van der Waals surface area contributed by atoms with Crippen LogP contribution in [0.25, 0.3) is 11.3 Å². The molecule has 1 aliphatic rings. The molecule has 4 aromatic rings. The molecule has 1 saturated heterocycles. The van der Waals surface area contributed by atoms with Gasteiger partial charge in [0.25, 0.3) is 5.91 Å². The van der Waals surface area contributed by atoms with Crippen molar-refractivity contribution in [3.05, 3.63) is 90.9 Å². The summed E-state index contributed by atoms with van der Waals surface area (Å²) in [5, 5.41) is 12.8. The highest BCUT2D eigenvalue weighted by molar-refractivity contribution is 9.11. The van der Waals surface area contributed by atoms with E-state index in [9.17, 15) is 9.90 Å². The van der Waals surface area contributed by atoms with Crippen molar-refractivity contribution in [2.24, 2.45) is 5.92 Å². The Morgan fingerprint density at radius 1 is 1.11 bits per heavy atom. The minimum atomic E-state index is -0.0391. The van der Waals surface area contributed by atoms with E-state index in [0.717, 1.165) is 43.7 Å². The van der Waals surface area contributed by atoms with E-state index in [0.29, 0.717) is 36.9 Å². The second kappa shape index (κ2) is 12.0. The zero-order valence-electron chi connectivity index (χ0n) is 20.9. The number of ether oxygens (including phenoxy) is 1. The second-order valence-corrected chi connectivity index (χ2v) is 11.9. The second-order valence-electron chi connectivity index (χ2n) is 9.42. The Bertz CT molecular complexity index is 1440. The Balaban J connectivity index is 1.30. The zero-order chi connectivity index (χ0) is 26.6. The number of phenols is 1. The molecule has 3 heterocycles. The van der Waals surface area contributed by atoms with Gasteiger partial charge in [0.05, 0.1) is 15.9 Å². The molecule has 0 spiro atoms. The van der Waals surface area contributed by atoms with E-state index in [4.69, 9.17) is 9.72 Å². The predicted octanol–water partition coefficient (Wildman–Crippen LogP) is 7.42. The lowest BCUT2D eigenvalue weighted by molar-refractivity contribution is 0.0690. The Labute approximate surface area is 243 Å². The number of rotatable bonds is 7. The first-order valence-electron chi connectivity index (χ1n) is 12.4. The lowest BCUT2D eigenvalue weighted by Gasteiger charge is -2.31. The number of carbonyl (C=O) groups is 1. The van der Waals surface area contributed by atoms with Gasteiger partial charge in [-0.25, -0.2) is 4.98 Å². The first kappa shape index (κ1) is 26.8. The number of aromatic hydroxyl groups is 1. The van der Waals surface area contributed by atoms with Crippen molar-refractivity contribution in [1.82, 2.24) is 14.9 Å². The average Bonchev–Trinajstić information content (AvgIpc) is 3.42. The maximum Gasteiger partial charge on any atom is 0.282 e. The van der Waals surface area contributed by atoms with Crippen LogP contribution in [-0.2, 0) is 13.0 Å². The molecular weight excluding hydrogens is 630 g/mol. The van der Waals surface area contributed by atoms with E-state index in [1.165, 1.54) is 16.9 Å². The summed E-state index contributed by atoms with van der Waals surface area (Å²) < 4.78 is 7.04. The number of likely N-dealkylation sites (tertiary alicyclic amines) is 1. The van der Waals surface area contributed by atoms with Crippen molar-refractivity contribution in [1.29, 1.82) is 0 Å². The molecule has 0 aliphatic carbocycles. The summed E-state index contributed by atoms with van der Waals surface area (Å²) in [6.45, 7) is 3.62. The van der Waals surface area contributed by atoms with Gasteiger partial charge in [-0.3, -0.25) is 9.78 Å². The first-order valence-corrected chi connectivity index (χ1v) is 14.9. The third kappa shape index (κ3) is 6.11. The van der Waals surface area contributed by atoms with Crippen molar-refractivity contribution >= 4 is 49.1 Å². The fraction of sp³-hybridized carbons (Fsp3) is 0.276. The van der Waals surface area contributed by atoms with E-state index < -0.39 is 0 Å². The standard InChI is InChI=1S/C29H27Br2N3O3S/c1-18-6-5-9-21(32-18)16-37-27-22(15-23(30)26(35)25(27)31)24-17-38-28(33-24)29(36)34-12-10-20(11-13-34)14-19-7-3-2-4-8-19/h2-9,15,17,20,35H,10-14,16H2,1H3. The van der Waals surface area contributed by atoms with Crippen LogP contribution in [0.15, 0.2) is 68.9 Å².